The summed E-state index contributed by atoms with van der Waals surface area (Å²) in [6, 6.07) is 29.6. The van der Waals surface area contributed by atoms with Gasteiger partial charge in [0.1, 0.15) is 0 Å². The predicted octanol–water partition coefficient (Wildman–Crippen LogP) is 7.00. The summed E-state index contributed by atoms with van der Waals surface area (Å²) in [5.41, 5.74) is 2.29. The topological polar surface area (TPSA) is 61.4 Å². The Hall–Kier alpha value is -4.59. The molecule has 0 radical (unpaired) electrons. The highest BCUT2D eigenvalue weighted by Crippen LogP contribution is 2.32. The number of nitrogens with one attached hydrogen (secondary N) is 2. The van der Waals surface area contributed by atoms with E-state index in [0.717, 1.165) is 28.8 Å². The molecule has 3 amide bonds. The van der Waals surface area contributed by atoms with Crippen molar-refractivity contribution in [3.63, 3.8) is 0 Å². The minimum absolute atomic E-state index is 0.0204. The van der Waals surface area contributed by atoms with Crippen molar-refractivity contribution in [1.82, 2.24) is 5.32 Å². The number of carbonyl (C=O) groups excluding carboxylic acids is 2. The first-order valence-corrected chi connectivity index (χ1v) is 12.4. The molecule has 0 aliphatic rings. The first-order valence-electron chi connectivity index (χ1n) is 12.4. The second-order valence-electron chi connectivity index (χ2n) is 9.04. The summed E-state index contributed by atoms with van der Waals surface area (Å²) in [4.78, 5) is 27.8. The number of amides is 3. The van der Waals surface area contributed by atoms with Crippen molar-refractivity contribution in [2.24, 2.45) is 0 Å². The number of anilines is 2. The van der Waals surface area contributed by atoms with Gasteiger partial charge in [0, 0.05) is 24.5 Å². The maximum absolute atomic E-state index is 13.4. The molecule has 4 aromatic rings. The van der Waals surface area contributed by atoms with E-state index in [-0.39, 0.29) is 24.7 Å². The molecule has 0 heterocycles. The van der Waals surface area contributed by atoms with Crippen molar-refractivity contribution in [1.29, 1.82) is 0 Å². The average molecular weight is 532 g/mol. The number of nitrogens with zero attached hydrogens (tertiary/aromatic N) is 1. The molecule has 39 heavy (non-hydrogen) atoms. The van der Waals surface area contributed by atoms with Gasteiger partial charge in [-0.3, -0.25) is 9.69 Å². The third-order valence-electron chi connectivity index (χ3n) is 6.20. The van der Waals surface area contributed by atoms with Crippen LogP contribution in [0.15, 0.2) is 109 Å². The molecule has 200 valence electrons. The zero-order chi connectivity index (χ0) is 27.8. The fourth-order valence-corrected chi connectivity index (χ4v) is 4.21. The number of urea groups is 1. The number of benzene rings is 4. The van der Waals surface area contributed by atoms with E-state index >= 15 is 0 Å². The third kappa shape index (κ3) is 7.25. The lowest BCUT2D eigenvalue weighted by Crippen LogP contribution is -2.42. The van der Waals surface area contributed by atoms with E-state index in [0.29, 0.717) is 5.69 Å². The van der Waals surface area contributed by atoms with Crippen LogP contribution in [0.2, 0.25) is 0 Å². The second-order valence-corrected chi connectivity index (χ2v) is 9.04. The smallest absolute Gasteiger partial charge is 0.353 e. The van der Waals surface area contributed by atoms with Crippen LogP contribution < -0.4 is 15.5 Å². The highest BCUT2D eigenvalue weighted by atomic mass is 19.4. The fourth-order valence-electron chi connectivity index (χ4n) is 4.21. The quantitative estimate of drug-likeness (QED) is 0.257. The molecule has 5 nitrogen and oxygen atoms in total. The van der Waals surface area contributed by atoms with E-state index in [1.807, 2.05) is 79.7 Å². The second kappa shape index (κ2) is 12.3. The van der Waals surface area contributed by atoms with Gasteiger partial charge in [-0.1, -0.05) is 84.4 Å². The standard InChI is InChI=1S/C31H28F3N3O2/c1-22-15-17-26(18-16-22)36-30(39)37(27-14-8-13-25(21-27)31(32,33)34)20-19-35-29(38)28(23-9-4-2-5-10-23)24-11-6-3-7-12-24/h2-18,21,28H,19-20H2,1H3,(H,35,38)(H,36,39). The number of halogens is 3. The van der Waals surface area contributed by atoms with Crippen molar-refractivity contribution in [3.05, 3.63) is 131 Å². The minimum atomic E-state index is -4.57. The summed E-state index contributed by atoms with van der Waals surface area (Å²) in [7, 11) is 0. The van der Waals surface area contributed by atoms with Gasteiger partial charge < -0.3 is 10.6 Å². The lowest BCUT2D eigenvalue weighted by Gasteiger charge is -2.25. The lowest BCUT2D eigenvalue weighted by atomic mass is 9.90. The Morgan fingerprint density at radius 3 is 1.95 bits per heavy atom. The predicted molar refractivity (Wildman–Crippen MR) is 147 cm³/mol. The summed E-state index contributed by atoms with van der Waals surface area (Å²) in [5.74, 6) is -0.869. The van der Waals surface area contributed by atoms with Gasteiger partial charge in [-0.25, -0.2) is 4.79 Å². The molecule has 0 aliphatic carbocycles. The SMILES string of the molecule is Cc1ccc(NC(=O)N(CCNC(=O)C(c2ccccc2)c2ccccc2)c2cccc(C(F)(F)F)c2)cc1. The monoisotopic (exact) mass is 531 g/mol. The van der Waals surface area contributed by atoms with Gasteiger partial charge >= 0.3 is 12.2 Å². The summed E-state index contributed by atoms with van der Waals surface area (Å²) < 4.78 is 40.2. The van der Waals surface area contributed by atoms with Gasteiger partial charge in [0.2, 0.25) is 5.91 Å². The summed E-state index contributed by atoms with van der Waals surface area (Å²) >= 11 is 0. The Morgan fingerprint density at radius 2 is 1.38 bits per heavy atom. The summed E-state index contributed by atoms with van der Waals surface area (Å²) in [6.45, 7) is 1.87. The van der Waals surface area contributed by atoms with Gasteiger partial charge in [0.25, 0.3) is 0 Å². The van der Waals surface area contributed by atoms with Crippen LogP contribution in [0.3, 0.4) is 0 Å². The molecular formula is C31H28F3N3O2. The molecule has 0 fully saturated rings. The van der Waals surface area contributed by atoms with Crippen LogP contribution in [-0.2, 0) is 11.0 Å². The van der Waals surface area contributed by atoms with Gasteiger partial charge in [-0.15, -0.1) is 0 Å². The van der Waals surface area contributed by atoms with Crippen molar-refractivity contribution >= 4 is 23.3 Å². The van der Waals surface area contributed by atoms with Gasteiger partial charge in [-0.2, -0.15) is 13.2 Å². The molecule has 0 unspecified atom stereocenters. The van der Waals surface area contributed by atoms with Crippen LogP contribution in [0.25, 0.3) is 0 Å². The van der Waals surface area contributed by atoms with Gasteiger partial charge in [0.05, 0.1) is 11.5 Å². The Morgan fingerprint density at radius 1 is 0.795 bits per heavy atom. The van der Waals surface area contributed by atoms with Crippen molar-refractivity contribution in [3.8, 4) is 0 Å². The number of hydrogen-bond acceptors (Lipinski definition) is 2. The summed E-state index contributed by atoms with van der Waals surface area (Å²) in [6.07, 6.45) is -4.57. The maximum Gasteiger partial charge on any atom is 0.416 e. The zero-order valence-electron chi connectivity index (χ0n) is 21.3. The van der Waals surface area contributed by atoms with E-state index in [2.05, 4.69) is 10.6 Å². The van der Waals surface area contributed by atoms with E-state index in [4.69, 9.17) is 0 Å². The molecule has 0 bridgehead atoms. The maximum atomic E-state index is 13.4. The number of carbonyl (C=O) groups is 2. The van der Waals surface area contributed by atoms with Crippen molar-refractivity contribution in [2.45, 2.75) is 19.0 Å². The lowest BCUT2D eigenvalue weighted by molar-refractivity contribution is -0.137. The van der Waals surface area contributed by atoms with Crippen LogP contribution in [-0.4, -0.2) is 25.0 Å². The van der Waals surface area contributed by atoms with Crippen LogP contribution in [0, 0.1) is 6.92 Å². The van der Waals surface area contributed by atoms with Crippen molar-refractivity contribution < 1.29 is 22.8 Å². The molecule has 0 saturated heterocycles. The molecule has 0 aliphatic heterocycles. The first-order chi connectivity index (χ1) is 18.7. The fraction of sp³-hybridized carbons (Fsp3) is 0.161. The Balaban J connectivity index is 1.55. The molecule has 4 rings (SSSR count). The van der Waals surface area contributed by atoms with E-state index in [1.54, 1.807) is 12.1 Å². The summed E-state index contributed by atoms with van der Waals surface area (Å²) in [5, 5.41) is 5.60. The zero-order valence-corrected chi connectivity index (χ0v) is 21.3. The molecule has 2 N–H and O–H groups in total. The molecule has 0 aromatic heterocycles. The molecular weight excluding hydrogens is 503 g/mol. The highest BCUT2D eigenvalue weighted by Gasteiger charge is 2.31. The van der Waals surface area contributed by atoms with Gasteiger partial charge in [0.15, 0.2) is 0 Å². The normalized spacial score (nSPS) is 11.2. The van der Waals surface area contributed by atoms with Crippen molar-refractivity contribution in [2.75, 3.05) is 23.3 Å². The number of alkyl halides is 3. The number of rotatable bonds is 8. The van der Waals surface area contributed by atoms with Crippen LogP contribution in [0.4, 0.5) is 29.3 Å². The molecule has 8 heteroatoms. The van der Waals surface area contributed by atoms with E-state index in [1.165, 1.54) is 17.0 Å². The molecule has 0 spiro atoms. The van der Waals surface area contributed by atoms with Crippen LogP contribution >= 0.6 is 0 Å². The van der Waals surface area contributed by atoms with E-state index in [9.17, 15) is 22.8 Å². The highest BCUT2D eigenvalue weighted by molar-refractivity contribution is 6.02. The molecule has 4 aromatic carbocycles. The molecule has 0 saturated carbocycles. The van der Waals surface area contributed by atoms with Gasteiger partial charge in [-0.05, 0) is 48.4 Å². The molecule has 0 atom stereocenters. The largest absolute Gasteiger partial charge is 0.416 e. The average Bonchev–Trinajstić information content (AvgIpc) is 2.93. The van der Waals surface area contributed by atoms with Crippen LogP contribution in [0.1, 0.15) is 28.2 Å². The van der Waals surface area contributed by atoms with E-state index < -0.39 is 23.7 Å². The number of aryl methyl sites for hydroxylation is 1. The Bertz CT molecular complexity index is 1350. The number of hydrogen-bond donors (Lipinski definition) is 2. The Labute approximate surface area is 225 Å². The first kappa shape index (κ1) is 27.4. The minimum Gasteiger partial charge on any atom is -0.353 e. The third-order valence-corrected chi connectivity index (χ3v) is 6.20. The van der Waals surface area contributed by atoms with Crippen LogP contribution in [0.5, 0.6) is 0 Å². The Kier molecular flexibility index (Phi) is 8.66.